The van der Waals surface area contributed by atoms with E-state index >= 15 is 0 Å². The van der Waals surface area contributed by atoms with E-state index in [0.29, 0.717) is 18.9 Å². The van der Waals surface area contributed by atoms with Gasteiger partial charge < -0.3 is 9.47 Å². The summed E-state index contributed by atoms with van der Waals surface area (Å²) in [5.74, 6) is -0.162. The summed E-state index contributed by atoms with van der Waals surface area (Å²) in [6.45, 7) is 6.64. The Balaban J connectivity index is 2.68. The van der Waals surface area contributed by atoms with Crippen LogP contribution in [-0.2, 0) is 9.53 Å². The molecule has 1 unspecified atom stereocenters. The van der Waals surface area contributed by atoms with Gasteiger partial charge in [-0.3, -0.25) is 5.32 Å². The van der Waals surface area contributed by atoms with Gasteiger partial charge >= 0.3 is 5.97 Å². The number of benzene rings is 1. The number of ether oxygens (including phenoxy) is 2. The number of nitrogens with one attached hydrogen (secondary N) is 1. The minimum atomic E-state index is -0.916. The highest BCUT2D eigenvalue weighted by molar-refractivity contribution is 5.80. The lowest BCUT2D eigenvalue weighted by atomic mass is 10.0. The van der Waals surface area contributed by atoms with E-state index in [2.05, 4.69) is 5.32 Å². The van der Waals surface area contributed by atoms with Crippen LogP contribution in [0.1, 0.15) is 27.2 Å². The third kappa shape index (κ3) is 4.81. The second kappa shape index (κ2) is 7.85. The Hall–Kier alpha value is -1.62. The average Bonchev–Trinajstić information content (AvgIpc) is 2.45. The summed E-state index contributed by atoms with van der Waals surface area (Å²) in [4.78, 5) is 12.0. The summed E-state index contributed by atoms with van der Waals surface area (Å²) in [6.07, 6.45) is 0.894. The maximum absolute atomic E-state index is 12.8. The molecule has 0 aliphatic carbocycles. The summed E-state index contributed by atoms with van der Waals surface area (Å²) >= 11 is 0. The Morgan fingerprint density at radius 2 is 1.95 bits per heavy atom. The smallest absolute Gasteiger partial charge is 0.329 e. The molecule has 5 heteroatoms. The molecule has 0 saturated carbocycles. The summed E-state index contributed by atoms with van der Waals surface area (Å²) < 4.78 is 23.4. The van der Waals surface area contributed by atoms with Crippen molar-refractivity contribution in [2.24, 2.45) is 0 Å². The molecule has 0 heterocycles. The molecule has 0 saturated heterocycles. The number of esters is 1. The number of rotatable bonds is 8. The lowest BCUT2D eigenvalue weighted by molar-refractivity contribution is -0.151. The van der Waals surface area contributed by atoms with Gasteiger partial charge in [0.1, 0.15) is 23.7 Å². The van der Waals surface area contributed by atoms with Crippen LogP contribution in [0, 0.1) is 5.82 Å². The minimum absolute atomic E-state index is 0.122. The van der Waals surface area contributed by atoms with Crippen molar-refractivity contribution in [2.45, 2.75) is 32.7 Å². The lowest BCUT2D eigenvalue weighted by Crippen LogP contribution is -2.55. The molecule has 1 aromatic carbocycles. The zero-order valence-electron chi connectivity index (χ0n) is 12.2. The molecule has 112 valence electrons. The van der Waals surface area contributed by atoms with Crippen LogP contribution < -0.4 is 10.1 Å². The molecule has 1 atom stereocenters. The number of carbonyl (C=O) groups is 1. The van der Waals surface area contributed by atoms with Crippen molar-refractivity contribution in [3.8, 4) is 5.75 Å². The fraction of sp³-hybridized carbons (Fsp3) is 0.533. The van der Waals surface area contributed by atoms with Gasteiger partial charge in [0.2, 0.25) is 0 Å². The molecule has 0 aromatic heterocycles. The van der Waals surface area contributed by atoms with Crippen molar-refractivity contribution < 1.29 is 18.7 Å². The first-order valence-corrected chi connectivity index (χ1v) is 6.82. The van der Waals surface area contributed by atoms with Crippen LogP contribution in [0.2, 0.25) is 0 Å². The minimum Gasteiger partial charge on any atom is -0.491 e. The zero-order chi connectivity index (χ0) is 15.0. The molecule has 0 aliphatic rings. The monoisotopic (exact) mass is 283 g/mol. The van der Waals surface area contributed by atoms with E-state index < -0.39 is 5.54 Å². The van der Waals surface area contributed by atoms with Crippen LogP contribution in [0.25, 0.3) is 0 Å². The maximum atomic E-state index is 12.8. The Kier molecular flexibility index (Phi) is 6.45. The predicted molar refractivity (Wildman–Crippen MR) is 75.2 cm³/mol. The van der Waals surface area contributed by atoms with E-state index in [9.17, 15) is 9.18 Å². The number of carbonyl (C=O) groups excluding carboxylic acids is 1. The summed E-state index contributed by atoms with van der Waals surface area (Å²) in [7, 11) is 0. The van der Waals surface area contributed by atoms with Gasteiger partial charge in [-0.1, -0.05) is 6.92 Å². The molecule has 0 amide bonds. The number of hydrogen-bond donors (Lipinski definition) is 1. The molecule has 1 N–H and O–H groups in total. The molecular formula is C15H22FNO3. The number of halogens is 1. The van der Waals surface area contributed by atoms with E-state index in [1.807, 2.05) is 6.92 Å². The molecule has 0 fully saturated rings. The Labute approximate surface area is 119 Å². The highest BCUT2D eigenvalue weighted by Gasteiger charge is 2.35. The normalized spacial score (nSPS) is 13.6. The Bertz CT molecular complexity index is 422. The molecule has 0 spiro atoms. The Morgan fingerprint density at radius 1 is 1.30 bits per heavy atom. The third-order valence-electron chi connectivity index (χ3n) is 2.83. The van der Waals surface area contributed by atoms with Gasteiger partial charge in [0, 0.05) is 0 Å². The van der Waals surface area contributed by atoms with E-state index in [-0.39, 0.29) is 18.4 Å². The van der Waals surface area contributed by atoms with Gasteiger partial charge in [-0.05, 0) is 51.1 Å². The zero-order valence-corrected chi connectivity index (χ0v) is 12.2. The van der Waals surface area contributed by atoms with Crippen LogP contribution in [-0.4, -0.2) is 31.3 Å². The topological polar surface area (TPSA) is 47.6 Å². The predicted octanol–water partition coefficient (Wildman–Crippen LogP) is 2.53. The largest absolute Gasteiger partial charge is 0.491 e. The summed E-state index contributed by atoms with van der Waals surface area (Å²) in [6, 6.07) is 5.69. The van der Waals surface area contributed by atoms with Crippen LogP contribution in [0.4, 0.5) is 4.39 Å². The summed E-state index contributed by atoms with van der Waals surface area (Å²) in [5, 5.41) is 3.14. The standard InChI is InChI=1S/C15H22FNO3/c1-4-10-17-15(3,14(18)19-5-2)11-20-13-8-6-12(16)7-9-13/h6-9,17H,4-5,10-11H2,1-3H3. The quantitative estimate of drug-likeness (QED) is 0.745. The molecule has 0 bridgehead atoms. The van der Waals surface area contributed by atoms with Crippen LogP contribution in [0.3, 0.4) is 0 Å². The van der Waals surface area contributed by atoms with Crippen molar-refractivity contribution in [3.05, 3.63) is 30.1 Å². The molecular weight excluding hydrogens is 261 g/mol. The SMILES string of the molecule is CCCNC(C)(COc1ccc(F)cc1)C(=O)OCC. The highest BCUT2D eigenvalue weighted by Crippen LogP contribution is 2.15. The molecule has 1 rings (SSSR count). The van der Waals surface area contributed by atoms with Gasteiger partial charge in [0.25, 0.3) is 0 Å². The number of hydrogen-bond acceptors (Lipinski definition) is 4. The summed E-state index contributed by atoms with van der Waals surface area (Å²) in [5.41, 5.74) is -0.916. The van der Waals surface area contributed by atoms with Crippen LogP contribution in [0.15, 0.2) is 24.3 Å². The van der Waals surface area contributed by atoms with Gasteiger partial charge in [-0.15, -0.1) is 0 Å². The van der Waals surface area contributed by atoms with Gasteiger partial charge in [0.15, 0.2) is 0 Å². The molecule has 0 aliphatic heterocycles. The molecule has 20 heavy (non-hydrogen) atoms. The van der Waals surface area contributed by atoms with E-state index in [1.54, 1.807) is 13.8 Å². The first-order valence-electron chi connectivity index (χ1n) is 6.82. The molecule has 4 nitrogen and oxygen atoms in total. The van der Waals surface area contributed by atoms with Crippen molar-refractivity contribution in [1.82, 2.24) is 5.32 Å². The van der Waals surface area contributed by atoms with Gasteiger partial charge in [-0.25, -0.2) is 9.18 Å². The first kappa shape index (κ1) is 16.4. The van der Waals surface area contributed by atoms with E-state index in [0.717, 1.165) is 6.42 Å². The third-order valence-corrected chi connectivity index (χ3v) is 2.83. The maximum Gasteiger partial charge on any atom is 0.329 e. The fourth-order valence-electron chi connectivity index (χ4n) is 1.63. The second-order valence-electron chi connectivity index (χ2n) is 4.72. The van der Waals surface area contributed by atoms with E-state index in [4.69, 9.17) is 9.47 Å². The average molecular weight is 283 g/mol. The van der Waals surface area contributed by atoms with Crippen LogP contribution in [0.5, 0.6) is 5.75 Å². The lowest BCUT2D eigenvalue weighted by Gasteiger charge is -2.28. The van der Waals surface area contributed by atoms with Crippen molar-refractivity contribution in [1.29, 1.82) is 0 Å². The van der Waals surface area contributed by atoms with Crippen molar-refractivity contribution in [2.75, 3.05) is 19.8 Å². The second-order valence-corrected chi connectivity index (χ2v) is 4.72. The molecule has 0 radical (unpaired) electrons. The van der Waals surface area contributed by atoms with Crippen LogP contribution >= 0.6 is 0 Å². The Morgan fingerprint density at radius 3 is 2.50 bits per heavy atom. The van der Waals surface area contributed by atoms with Gasteiger partial charge in [0.05, 0.1) is 6.61 Å². The van der Waals surface area contributed by atoms with E-state index in [1.165, 1.54) is 24.3 Å². The van der Waals surface area contributed by atoms with Crippen molar-refractivity contribution >= 4 is 5.97 Å². The fourth-order valence-corrected chi connectivity index (χ4v) is 1.63. The highest BCUT2D eigenvalue weighted by atomic mass is 19.1. The first-order chi connectivity index (χ1) is 9.51. The van der Waals surface area contributed by atoms with Gasteiger partial charge in [-0.2, -0.15) is 0 Å². The molecule has 1 aromatic rings. The van der Waals surface area contributed by atoms with Crippen molar-refractivity contribution in [3.63, 3.8) is 0 Å².